The number of carbonyl (C=O) groups is 1. The van der Waals surface area contributed by atoms with Crippen molar-refractivity contribution < 1.29 is 14.6 Å². The number of hydrogen-bond donors (Lipinski definition) is 1. The van der Waals surface area contributed by atoms with Gasteiger partial charge in [0.2, 0.25) is 0 Å². The molecule has 0 spiro atoms. The third-order valence-corrected chi connectivity index (χ3v) is 7.27. The fourth-order valence-corrected chi connectivity index (χ4v) is 5.41. The van der Waals surface area contributed by atoms with Crippen LogP contribution in [0.15, 0.2) is 54.1 Å². The number of carboxylic acid groups (broad SMARTS) is 1. The second-order valence-corrected chi connectivity index (χ2v) is 11.2. The molecule has 1 aliphatic carbocycles. The monoisotopic (exact) mass is 482 g/mol. The van der Waals surface area contributed by atoms with Crippen molar-refractivity contribution in [1.29, 1.82) is 0 Å². The van der Waals surface area contributed by atoms with E-state index in [0.29, 0.717) is 12.2 Å². The molecule has 0 atom stereocenters. The van der Waals surface area contributed by atoms with Crippen LogP contribution in [0.5, 0.6) is 5.75 Å². The van der Waals surface area contributed by atoms with E-state index in [-0.39, 0.29) is 25.8 Å². The summed E-state index contributed by atoms with van der Waals surface area (Å²) in [6.45, 7) is 11.5. The van der Waals surface area contributed by atoms with E-state index in [2.05, 4.69) is 62.7 Å². The molecule has 0 saturated heterocycles. The van der Waals surface area contributed by atoms with Crippen molar-refractivity contribution in [2.75, 3.05) is 0 Å². The Morgan fingerprint density at radius 2 is 1.81 bits per heavy atom. The molecular weight excluding hydrogens is 451 g/mol. The predicted octanol–water partition coefficient (Wildman–Crippen LogP) is 4.94. The van der Waals surface area contributed by atoms with E-state index >= 15 is 0 Å². The molecule has 0 heterocycles. The predicted molar refractivity (Wildman–Crippen MR) is 127 cm³/mol. The molecule has 0 radical (unpaired) electrons. The third kappa shape index (κ3) is 5.82. The summed E-state index contributed by atoms with van der Waals surface area (Å²) >= 11 is -0.0921. The van der Waals surface area contributed by atoms with Gasteiger partial charge >= 0.3 is 192 Å². The molecule has 0 fully saturated rings. The first-order valence-electron chi connectivity index (χ1n) is 10.5. The van der Waals surface area contributed by atoms with E-state index < -0.39 is 5.97 Å². The van der Waals surface area contributed by atoms with E-state index in [4.69, 9.17) is 9.84 Å². The van der Waals surface area contributed by atoms with Crippen LogP contribution in [0.1, 0.15) is 64.2 Å². The molecule has 0 aromatic heterocycles. The van der Waals surface area contributed by atoms with Crippen LogP contribution in [0.4, 0.5) is 0 Å². The van der Waals surface area contributed by atoms with Crippen molar-refractivity contribution >= 4 is 25.4 Å². The first kappa shape index (κ1) is 23.2. The van der Waals surface area contributed by atoms with Gasteiger partial charge in [-0.05, 0) is 0 Å². The second kappa shape index (κ2) is 9.35. The fourth-order valence-electron chi connectivity index (χ4n) is 4.00. The molecule has 1 N–H and O–H groups in total. The zero-order valence-corrected chi connectivity index (χ0v) is 20.6. The molecule has 0 amide bonds. The van der Waals surface area contributed by atoms with Crippen LogP contribution in [-0.2, 0) is 22.2 Å². The molecule has 4 heteroatoms. The summed E-state index contributed by atoms with van der Waals surface area (Å²) < 4.78 is 7.58. The van der Waals surface area contributed by atoms with Gasteiger partial charge in [0, 0.05) is 0 Å². The summed E-state index contributed by atoms with van der Waals surface area (Å²) in [5.74, 6) is 2.96. The van der Waals surface area contributed by atoms with E-state index in [9.17, 15) is 4.79 Å². The summed E-state index contributed by atoms with van der Waals surface area (Å²) in [5, 5.41) is 8.87. The van der Waals surface area contributed by atoms with Crippen molar-refractivity contribution in [3.05, 3.63) is 70.8 Å². The van der Waals surface area contributed by atoms with Gasteiger partial charge in [-0.2, -0.15) is 0 Å². The second-order valence-electron chi connectivity index (χ2n) is 9.38. The van der Waals surface area contributed by atoms with Gasteiger partial charge in [0.05, 0.1) is 0 Å². The topological polar surface area (TPSA) is 46.5 Å². The molecule has 0 aliphatic heterocycles. The van der Waals surface area contributed by atoms with Crippen molar-refractivity contribution in [2.24, 2.45) is 0 Å². The Hall–Kier alpha value is -2.47. The van der Waals surface area contributed by atoms with Gasteiger partial charge in [0.15, 0.2) is 0 Å². The molecule has 3 rings (SSSR count). The van der Waals surface area contributed by atoms with Crippen molar-refractivity contribution in [1.82, 2.24) is 0 Å². The van der Waals surface area contributed by atoms with Crippen molar-refractivity contribution in [2.45, 2.75) is 64.9 Å². The molecule has 3 nitrogen and oxygen atoms in total. The maximum atomic E-state index is 10.8. The van der Waals surface area contributed by atoms with E-state index in [1.54, 1.807) is 6.92 Å². The number of ether oxygens (including phenoxy) is 1. The first-order chi connectivity index (χ1) is 14.6. The van der Waals surface area contributed by atoms with Crippen LogP contribution in [0.2, 0.25) is 0 Å². The van der Waals surface area contributed by atoms with Gasteiger partial charge in [-0.1, -0.05) is 0 Å². The van der Waals surface area contributed by atoms with E-state index in [1.807, 2.05) is 18.2 Å². The Bertz CT molecular complexity index is 1050. The quantitative estimate of drug-likeness (QED) is 0.374. The van der Waals surface area contributed by atoms with Crippen LogP contribution in [0, 0.1) is 10.7 Å². The Morgan fingerprint density at radius 3 is 2.48 bits per heavy atom. The van der Waals surface area contributed by atoms with Gasteiger partial charge < -0.3 is 0 Å². The Morgan fingerprint density at radius 1 is 1.13 bits per heavy atom. The molecule has 0 unspecified atom stereocenters. The maximum absolute atomic E-state index is 10.8. The first-order valence-corrected chi connectivity index (χ1v) is 12.2. The molecule has 162 valence electrons. The Labute approximate surface area is 192 Å². The number of aliphatic carboxylic acids is 1. The van der Waals surface area contributed by atoms with Gasteiger partial charge in [-0.3, -0.25) is 0 Å². The number of rotatable bonds is 5. The van der Waals surface area contributed by atoms with Gasteiger partial charge in [0.25, 0.3) is 0 Å². The minimum atomic E-state index is -0.964. The molecule has 1 aliphatic rings. The SMILES string of the molecule is C/C(C#C[Se]c1cc(OCc2ccccc2)c2c(c1)C(C)(C)CCC2(C)C)=C\C(=O)O. The van der Waals surface area contributed by atoms with Crippen LogP contribution in [-0.4, -0.2) is 26.0 Å². The zero-order chi connectivity index (χ0) is 22.6. The third-order valence-electron chi connectivity index (χ3n) is 5.85. The molecule has 0 saturated carbocycles. The summed E-state index contributed by atoms with van der Waals surface area (Å²) in [6.07, 6.45) is 3.40. The van der Waals surface area contributed by atoms with Crippen LogP contribution < -0.4 is 9.20 Å². The molecule has 2 aromatic rings. The minimum absolute atomic E-state index is 0.0505. The molecular formula is C27H30O3Se. The van der Waals surface area contributed by atoms with E-state index in [1.165, 1.54) is 11.1 Å². The van der Waals surface area contributed by atoms with Crippen LogP contribution in [0.3, 0.4) is 0 Å². The molecule has 2 aromatic carbocycles. The summed E-state index contributed by atoms with van der Waals surface area (Å²) in [4.78, 5) is 14.0. The molecule has 0 bridgehead atoms. The Kier molecular flexibility index (Phi) is 6.99. The van der Waals surface area contributed by atoms with Crippen LogP contribution in [0.25, 0.3) is 0 Å². The average Bonchev–Trinajstić information content (AvgIpc) is 2.70. The fraction of sp³-hybridized carbons (Fsp3) is 0.370. The van der Waals surface area contributed by atoms with Gasteiger partial charge in [0.1, 0.15) is 0 Å². The standard InChI is InChI=1S/C27H30O3Se/c1-19(15-24(28)29)11-14-31-21-16-22-25(27(4,5)13-12-26(22,2)3)23(17-21)30-18-20-9-7-6-8-10-20/h6-10,15-17H,12-13,18H2,1-5H3,(H,28,29)/b19-15+. The van der Waals surface area contributed by atoms with Crippen molar-refractivity contribution in [3.8, 4) is 16.5 Å². The van der Waals surface area contributed by atoms with Crippen LogP contribution >= 0.6 is 0 Å². The molecule has 31 heavy (non-hydrogen) atoms. The van der Waals surface area contributed by atoms with Crippen molar-refractivity contribution in [3.63, 3.8) is 0 Å². The number of carboxylic acids is 1. The summed E-state index contributed by atoms with van der Waals surface area (Å²) in [7, 11) is 0. The number of fused-ring (bicyclic) bond motifs is 1. The number of hydrogen-bond acceptors (Lipinski definition) is 2. The van der Waals surface area contributed by atoms with Gasteiger partial charge in [-0.15, -0.1) is 0 Å². The normalized spacial score (nSPS) is 16.6. The van der Waals surface area contributed by atoms with Gasteiger partial charge in [-0.25, -0.2) is 0 Å². The average molecular weight is 481 g/mol. The Balaban J connectivity index is 2.00. The number of allylic oxidation sites excluding steroid dienone is 1. The number of benzene rings is 2. The zero-order valence-electron chi connectivity index (χ0n) is 18.9. The summed E-state index contributed by atoms with van der Waals surface area (Å²) in [5.41, 5.74) is 4.51. The summed E-state index contributed by atoms with van der Waals surface area (Å²) in [6, 6.07) is 14.7. The van der Waals surface area contributed by atoms with E-state index in [0.717, 1.165) is 34.7 Å².